The van der Waals surface area contributed by atoms with Crippen molar-refractivity contribution in [1.29, 1.82) is 0 Å². The smallest absolute Gasteiger partial charge is 0.203 e. The van der Waals surface area contributed by atoms with Gasteiger partial charge in [0, 0.05) is 0 Å². The zero-order chi connectivity index (χ0) is 16.7. The molecular weight excluding hydrogens is 308 g/mol. The summed E-state index contributed by atoms with van der Waals surface area (Å²) in [6.45, 7) is 4.96. The van der Waals surface area contributed by atoms with Crippen LogP contribution in [0.5, 0.6) is 0 Å². The summed E-state index contributed by atoms with van der Waals surface area (Å²) < 4.78 is 7.00. The minimum atomic E-state index is -1.79. The lowest BCUT2D eigenvalue weighted by Gasteiger charge is -2.46. The van der Waals surface area contributed by atoms with Crippen LogP contribution < -0.4 is 0 Å². The van der Waals surface area contributed by atoms with E-state index in [-0.39, 0.29) is 0 Å². The van der Waals surface area contributed by atoms with Gasteiger partial charge in [-0.25, -0.2) is 0 Å². The molecule has 2 aliphatic carbocycles. The zero-order valence-electron chi connectivity index (χ0n) is 15.2. The molecule has 0 aliphatic heterocycles. The van der Waals surface area contributed by atoms with Crippen molar-refractivity contribution in [3.63, 3.8) is 0 Å². The lowest BCUT2D eigenvalue weighted by molar-refractivity contribution is 0.249. The van der Waals surface area contributed by atoms with E-state index in [1.165, 1.54) is 69.8 Å². The summed E-state index contributed by atoms with van der Waals surface area (Å²) in [4.78, 5) is 0. The standard InChI is InChI=1S/C22H34OSi/c1-2-18-24(21-14-8-4-9-15-21,22-16-10-5-11-17-22)23-19-20-12-6-3-7-13-20/h2-3,6-7,12-13,21-22H,1,4-5,8-11,14-19H2. The van der Waals surface area contributed by atoms with Crippen molar-refractivity contribution in [3.05, 3.63) is 48.6 Å². The van der Waals surface area contributed by atoms with Crippen molar-refractivity contribution in [1.82, 2.24) is 0 Å². The molecule has 132 valence electrons. The molecule has 0 heterocycles. The first-order valence-corrected chi connectivity index (χ1v) is 12.4. The van der Waals surface area contributed by atoms with Crippen LogP contribution in [0.2, 0.25) is 17.1 Å². The quantitative estimate of drug-likeness (QED) is 0.383. The normalized spacial score (nSPS) is 20.8. The summed E-state index contributed by atoms with van der Waals surface area (Å²) in [5.41, 5.74) is 3.05. The Morgan fingerprint density at radius 3 is 1.92 bits per heavy atom. The van der Waals surface area contributed by atoms with E-state index in [2.05, 4.69) is 43.0 Å². The average Bonchev–Trinajstić information content (AvgIpc) is 2.67. The van der Waals surface area contributed by atoms with Crippen LogP contribution in [0.15, 0.2) is 43.0 Å². The average molecular weight is 343 g/mol. The number of hydrogen-bond donors (Lipinski definition) is 0. The van der Waals surface area contributed by atoms with Gasteiger partial charge in [-0.05, 0) is 22.7 Å². The Hall–Kier alpha value is -0.863. The van der Waals surface area contributed by atoms with Crippen molar-refractivity contribution >= 4 is 8.32 Å². The highest BCUT2D eigenvalue weighted by Gasteiger charge is 2.48. The van der Waals surface area contributed by atoms with E-state index in [1.54, 1.807) is 0 Å². The molecule has 2 aliphatic rings. The summed E-state index contributed by atoms with van der Waals surface area (Å²) in [6, 6.07) is 12.0. The van der Waals surface area contributed by atoms with E-state index in [4.69, 9.17) is 4.43 Å². The minimum Gasteiger partial charge on any atom is -0.412 e. The van der Waals surface area contributed by atoms with Crippen LogP contribution in [0.3, 0.4) is 0 Å². The maximum atomic E-state index is 7.00. The maximum Gasteiger partial charge on any atom is 0.203 e. The van der Waals surface area contributed by atoms with Crippen LogP contribution in [0.4, 0.5) is 0 Å². The summed E-state index contributed by atoms with van der Waals surface area (Å²) in [7, 11) is -1.79. The Labute approximate surface area is 149 Å². The molecule has 2 heteroatoms. The van der Waals surface area contributed by atoms with Crippen LogP contribution in [0, 0.1) is 0 Å². The molecule has 1 aromatic carbocycles. The highest BCUT2D eigenvalue weighted by Crippen LogP contribution is 2.51. The fraction of sp³-hybridized carbons (Fsp3) is 0.636. The monoisotopic (exact) mass is 342 g/mol. The van der Waals surface area contributed by atoms with Crippen molar-refractivity contribution in [3.8, 4) is 0 Å². The first-order chi connectivity index (χ1) is 11.8. The van der Waals surface area contributed by atoms with Gasteiger partial charge in [-0.15, -0.1) is 6.58 Å². The van der Waals surface area contributed by atoms with Crippen molar-refractivity contribution in [2.24, 2.45) is 0 Å². The minimum absolute atomic E-state index is 0.813. The fourth-order valence-corrected chi connectivity index (χ4v) is 10.7. The molecule has 24 heavy (non-hydrogen) atoms. The Morgan fingerprint density at radius 2 is 1.42 bits per heavy atom. The van der Waals surface area contributed by atoms with Gasteiger partial charge in [-0.2, -0.15) is 0 Å². The Bertz CT molecular complexity index is 468. The summed E-state index contributed by atoms with van der Waals surface area (Å²) in [5, 5.41) is 0. The predicted octanol–water partition coefficient (Wildman–Crippen LogP) is 7.00. The number of allylic oxidation sites excluding steroid dienone is 1. The third-order valence-corrected chi connectivity index (χ3v) is 11.9. The van der Waals surface area contributed by atoms with Crippen LogP contribution in [0.1, 0.15) is 69.8 Å². The molecule has 0 spiro atoms. The molecule has 0 unspecified atom stereocenters. The molecule has 3 rings (SSSR count). The Kier molecular flexibility index (Phi) is 6.73. The first kappa shape index (κ1) is 17.9. The van der Waals surface area contributed by atoms with Gasteiger partial charge in [-0.3, -0.25) is 0 Å². The summed E-state index contributed by atoms with van der Waals surface area (Å²) in [6.07, 6.45) is 16.3. The molecule has 0 N–H and O–H groups in total. The van der Waals surface area contributed by atoms with E-state index < -0.39 is 8.32 Å². The predicted molar refractivity (Wildman–Crippen MR) is 106 cm³/mol. The van der Waals surface area contributed by atoms with Crippen LogP contribution in [-0.2, 0) is 11.0 Å². The number of hydrogen-bond acceptors (Lipinski definition) is 1. The topological polar surface area (TPSA) is 9.23 Å². The SMILES string of the molecule is C=CC[Si](OCc1ccccc1)(C1CCCCC1)C1CCCCC1. The lowest BCUT2D eigenvalue weighted by atomic mass is 9.99. The molecular formula is C22H34OSi. The van der Waals surface area contributed by atoms with Gasteiger partial charge >= 0.3 is 0 Å². The second-order valence-electron chi connectivity index (χ2n) is 7.89. The van der Waals surface area contributed by atoms with Crippen molar-refractivity contribution < 1.29 is 4.43 Å². The van der Waals surface area contributed by atoms with Gasteiger partial charge in [0.1, 0.15) is 0 Å². The highest BCUT2D eigenvalue weighted by molar-refractivity contribution is 6.77. The van der Waals surface area contributed by atoms with E-state index >= 15 is 0 Å². The molecule has 2 saturated carbocycles. The summed E-state index contributed by atoms with van der Waals surface area (Å²) >= 11 is 0. The van der Waals surface area contributed by atoms with Gasteiger partial charge in [0.2, 0.25) is 8.32 Å². The van der Waals surface area contributed by atoms with Crippen LogP contribution in [-0.4, -0.2) is 8.32 Å². The number of rotatable bonds is 7. The van der Waals surface area contributed by atoms with E-state index in [1.807, 2.05) is 0 Å². The molecule has 2 fully saturated rings. The van der Waals surface area contributed by atoms with Crippen molar-refractivity contribution in [2.75, 3.05) is 0 Å². The molecule has 1 aromatic rings. The van der Waals surface area contributed by atoms with E-state index in [0.29, 0.717) is 0 Å². The molecule has 1 nitrogen and oxygen atoms in total. The molecule has 0 atom stereocenters. The summed E-state index contributed by atoms with van der Waals surface area (Å²) in [5.74, 6) is 0. The Morgan fingerprint density at radius 1 is 0.875 bits per heavy atom. The maximum absolute atomic E-state index is 7.00. The third-order valence-electron chi connectivity index (χ3n) is 6.41. The second-order valence-corrected chi connectivity index (χ2v) is 12.1. The fourth-order valence-electron chi connectivity index (χ4n) is 5.16. The molecule has 0 amide bonds. The van der Waals surface area contributed by atoms with Gasteiger partial charge in [0.25, 0.3) is 0 Å². The highest BCUT2D eigenvalue weighted by atomic mass is 28.4. The van der Waals surface area contributed by atoms with Crippen LogP contribution >= 0.6 is 0 Å². The van der Waals surface area contributed by atoms with E-state index in [9.17, 15) is 0 Å². The first-order valence-electron chi connectivity index (χ1n) is 10.1. The van der Waals surface area contributed by atoms with Gasteiger partial charge < -0.3 is 4.43 Å². The van der Waals surface area contributed by atoms with Gasteiger partial charge in [0.15, 0.2) is 0 Å². The van der Waals surface area contributed by atoms with E-state index in [0.717, 1.165) is 23.7 Å². The zero-order valence-corrected chi connectivity index (χ0v) is 16.2. The van der Waals surface area contributed by atoms with Crippen molar-refractivity contribution in [2.45, 2.75) is 87.9 Å². The largest absolute Gasteiger partial charge is 0.412 e. The number of benzene rings is 1. The third kappa shape index (κ3) is 4.21. The van der Waals surface area contributed by atoms with Gasteiger partial charge in [0.05, 0.1) is 6.61 Å². The molecule has 0 radical (unpaired) electrons. The second kappa shape index (κ2) is 9.01. The van der Waals surface area contributed by atoms with Crippen LogP contribution in [0.25, 0.3) is 0 Å². The lowest BCUT2D eigenvalue weighted by Crippen LogP contribution is -2.49. The molecule has 0 saturated heterocycles. The Balaban J connectivity index is 1.82. The molecule has 0 bridgehead atoms. The van der Waals surface area contributed by atoms with Gasteiger partial charge in [-0.1, -0.05) is 101 Å². The molecule has 0 aromatic heterocycles.